The second-order valence-electron chi connectivity index (χ2n) is 5.29. The highest BCUT2D eigenvalue weighted by Gasteiger charge is 2.20. The molecule has 1 heterocycles. The van der Waals surface area contributed by atoms with Crippen LogP contribution in [0, 0.1) is 5.92 Å². The highest BCUT2D eigenvalue weighted by atomic mass is 16.5. The summed E-state index contributed by atoms with van der Waals surface area (Å²) in [4.78, 5) is 14.7. The number of nitrogen functional groups attached to an aromatic ring is 1. The monoisotopic (exact) mass is 294 g/mol. The topological polar surface area (TPSA) is 89.2 Å². The molecular weight excluding hydrogens is 268 g/mol. The van der Waals surface area contributed by atoms with Crippen LogP contribution in [0.1, 0.15) is 33.1 Å². The molecule has 0 aliphatic heterocycles. The van der Waals surface area contributed by atoms with Crippen LogP contribution in [0.5, 0.6) is 0 Å². The van der Waals surface area contributed by atoms with E-state index in [1.807, 2.05) is 4.90 Å². The van der Waals surface area contributed by atoms with Gasteiger partial charge in [-0.05, 0) is 39.0 Å². The van der Waals surface area contributed by atoms with Crippen molar-refractivity contribution < 1.29 is 4.74 Å². The van der Waals surface area contributed by atoms with Crippen molar-refractivity contribution in [3.63, 3.8) is 0 Å². The molecule has 21 heavy (non-hydrogen) atoms. The molecule has 7 nitrogen and oxygen atoms in total. The van der Waals surface area contributed by atoms with Gasteiger partial charge in [0.05, 0.1) is 0 Å². The number of nitrogens with two attached hydrogens (primary N) is 1. The molecule has 1 fully saturated rings. The molecule has 2 rings (SSSR count). The zero-order valence-corrected chi connectivity index (χ0v) is 13.0. The molecule has 1 saturated carbocycles. The van der Waals surface area contributed by atoms with Gasteiger partial charge in [0.2, 0.25) is 17.8 Å². The third kappa shape index (κ3) is 5.34. The van der Waals surface area contributed by atoms with Crippen LogP contribution in [0.2, 0.25) is 0 Å². The van der Waals surface area contributed by atoms with Crippen LogP contribution >= 0.6 is 0 Å². The predicted octanol–water partition coefficient (Wildman–Crippen LogP) is 1.53. The van der Waals surface area contributed by atoms with Gasteiger partial charge < -0.3 is 20.7 Å². The first-order valence-electron chi connectivity index (χ1n) is 7.81. The largest absolute Gasteiger partial charge is 0.381 e. The number of rotatable bonds is 10. The lowest BCUT2D eigenvalue weighted by molar-refractivity contribution is 0.124. The Bertz CT molecular complexity index is 433. The Morgan fingerprint density at radius 1 is 1.24 bits per heavy atom. The summed E-state index contributed by atoms with van der Waals surface area (Å²) in [5, 5.41) is 3.18. The van der Waals surface area contributed by atoms with Crippen LogP contribution in [0.4, 0.5) is 17.8 Å². The van der Waals surface area contributed by atoms with E-state index in [1.54, 1.807) is 0 Å². The smallest absolute Gasteiger partial charge is 0.231 e. The standard InChI is InChI=1S/C14H26N6O/c1-3-20(4-2)14-18-12(15)17-13(19-14)16-8-5-9-21-10-11-6-7-11/h11H,3-10H2,1-2H3,(H3,15,16,17,18,19). The molecule has 1 aliphatic carbocycles. The van der Waals surface area contributed by atoms with Crippen LogP contribution in [0.15, 0.2) is 0 Å². The van der Waals surface area contributed by atoms with Crippen LogP contribution in [0.25, 0.3) is 0 Å². The summed E-state index contributed by atoms with van der Waals surface area (Å²) in [5.74, 6) is 2.23. The lowest BCUT2D eigenvalue weighted by Crippen LogP contribution is -2.25. The fraction of sp³-hybridized carbons (Fsp3) is 0.786. The van der Waals surface area contributed by atoms with Gasteiger partial charge in [-0.3, -0.25) is 0 Å². The Morgan fingerprint density at radius 2 is 2.00 bits per heavy atom. The molecule has 0 radical (unpaired) electrons. The van der Waals surface area contributed by atoms with Crippen molar-refractivity contribution in [2.45, 2.75) is 33.1 Å². The average molecular weight is 294 g/mol. The van der Waals surface area contributed by atoms with Crippen molar-refractivity contribution in [1.82, 2.24) is 15.0 Å². The lowest BCUT2D eigenvalue weighted by atomic mass is 10.4. The van der Waals surface area contributed by atoms with E-state index in [1.165, 1.54) is 12.8 Å². The number of anilines is 3. The van der Waals surface area contributed by atoms with Crippen molar-refractivity contribution in [3.05, 3.63) is 0 Å². The van der Waals surface area contributed by atoms with Gasteiger partial charge in [0, 0.05) is 32.8 Å². The van der Waals surface area contributed by atoms with Crippen molar-refractivity contribution >= 4 is 17.8 Å². The molecule has 0 unspecified atom stereocenters. The number of nitrogens with zero attached hydrogens (tertiary/aromatic N) is 4. The zero-order valence-electron chi connectivity index (χ0n) is 13.0. The number of hydrogen-bond donors (Lipinski definition) is 2. The Morgan fingerprint density at radius 3 is 2.67 bits per heavy atom. The summed E-state index contributed by atoms with van der Waals surface area (Å²) in [6.45, 7) is 8.26. The average Bonchev–Trinajstić information content (AvgIpc) is 3.28. The Balaban J connectivity index is 1.75. The summed E-state index contributed by atoms with van der Waals surface area (Å²) in [6, 6.07) is 0. The van der Waals surface area contributed by atoms with Crippen molar-refractivity contribution in [2.24, 2.45) is 5.92 Å². The first-order valence-corrected chi connectivity index (χ1v) is 7.81. The zero-order chi connectivity index (χ0) is 15.1. The maximum atomic E-state index is 5.75. The van der Waals surface area contributed by atoms with E-state index in [-0.39, 0.29) is 5.95 Å². The molecular formula is C14H26N6O. The summed E-state index contributed by atoms with van der Waals surface area (Å²) in [7, 11) is 0. The molecule has 0 atom stereocenters. The molecule has 0 spiro atoms. The molecule has 1 aromatic heterocycles. The van der Waals surface area contributed by atoms with Gasteiger partial charge in [-0.25, -0.2) is 0 Å². The van der Waals surface area contributed by atoms with Gasteiger partial charge >= 0.3 is 0 Å². The van der Waals surface area contributed by atoms with Gasteiger partial charge in [0.25, 0.3) is 0 Å². The highest BCUT2D eigenvalue weighted by molar-refractivity contribution is 5.41. The Labute approximate surface area is 126 Å². The third-order valence-corrected chi connectivity index (χ3v) is 3.49. The lowest BCUT2D eigenvalue weighted by Gasteiger charge is -2.19. The molecule has 1 aromatic rings. The SMILES string of the molecule is CCN(CC)c1nc(N)nc(NCCCOCC2CC2)n1. The predicted molar refractivity (Wildman–Crippen MR) is 84.5 cm³/mol. The number of hydrogen-bond acceptors (Lipinski definition) is 7. The van der Waals surface area contributed by atoms with E-state index in [2.05, 4.69) is 34.1 Å². The number of aromatic nitrogens is 3. The first-order chi connectivity index (χ1) is 10.2. The molecule has 1 aliphatic rings. The van der Waals surface area contributed by atoms with Crippen LogP contribution < -0.4 is 16.0 Å². The van der Waals surface area contributed by atoms with E-state index in [9.17, 15) is 0 Å². The van der Waals surface area contributed by atoms with Crippen molar-refractivity contribution in [2.75, 3.05) is 48.8 Å². The van der Waals surface area contributed by atoms with Crippen LogP contribution in [0.3, 0.4) is 0 Å². The van der Waals surface area contributed by atoms with E-state index in [0.29, 0.717) is 11.9 Å². The van der Waals surface area contributed by atoms with E-state index >= 15 is 0 Å². The molecule has 7 heteroatoms. The van der Waals surface area contributed by atoms with Gasteiger partial charge in [-0.1, -0.05) is 0 Å². The van der Waals surface area contributed by atoms with Gasteiger partial charge in [-0.15, -0.1) is 0 Å². The second kappa shape index (κ2) is 7.97. The third-order valence-electron chi connectivity index (χ3n) is 3.49. The van der Waals surface area contributed by atoms with Gasteiger partial charge in [0.15, 0.2) is 0 Å². The summed E-state index contributed by atoms with van der Waals surface area (Å²) >= 11 is 0. The minimum Gasteiger partial charge on any atom is -0.381 e. The quantitative estimate of drug-likeness (QED) is 0.632. The molecule has 3 N–H and O–H groups in total. The van der Waals surface area contributed by atoms with Crippen molar-refractivity contribution in [3.8, 4) is 0 Å². The van der Waals surface area contributed by atoms with Crippen LogP contribution in [-0.4, -0.2) is 47.8 Å². The summed E-state index contributed by atoms with van der Waals surface area (Å²) in [5.41, 5.74) is 5.75. The molecule has 0 saturated heterocycles. The summed E-state index contributed by atoms with van der Waals surface area (Å²) in [6.07, 6.45) is 3.59. The highest BCUT2D eigenvalue weighted by Crippen LogP contribution is 2.28. The van der Waals surface area contributed by atoms with Crippen molar-refractivity contribution in [1.29, 1.82) is 0 Å². The number of ether oxygens (including phenoxy) is 1. The van der Waals surface area contributed by atoms with E-state index in [4.69, 9.17) is 10.5 Å². The molecule has 118 valence electrons. The molecule has 0 aromatic carbocycles. The minimum atomic E-state index is 0.249. The van der Waals surface area contributed by atoms with E-state index < -0.39 is 0 Å². The van der Waals surface area contributed by atoms with E-state index in [0.717, 1.165) is 45.2 Å². The van der Waals surface area contributed by atoms with Crippen LogP contribution in [-0.2, 0) is 4.74 Å². The minimum absolute atomic E-state index is 0.249. The fourth-order valence-corrected chi connectivity index (χ4v) is 2.02. The van der Waals surface area contributed by atoms with Gasteiger partial charge in [0.1, 0.15) is 0 Å². The number of nitrogens with one attached hydrogen (secondary N) is 1. The Kier molecular flexibility index (Phi) is 5.98. The molecule has 0 bridgehead atoms. The fourth-order valence-electron chi connectivity index (χ4n) is 2.02. The maximum absolute atomic E-state index is 5.75. The molecule has 0 amide bonds. The first kappa shape index (κ1) is 15.8. The Hall–Kier alpha value is -1.63. The second-order valence-corrected chi connectivity index (χ2v) is 5.29. The van der Waals surface area contributed by atoms with Gasteiger partial charge in [-0.2, -0.15) is 15.0 Å². The summed E-state index contributed by atoms with van der Waals surface area (Å²) < 4.78 is 5.59. The normalized spacial score (nSPS) is 14.2. The maximum Gasteiger partial charge on any atom is 0.231 e.